The second-order valence-corrected chi connectivity index (χ2v) is 1.92. The van der Waals surface area contributed by atoms with Gasteiger partial charge in [0.2, 0.25) is 0 Å². The molecule has 4 heteroatoms. The van der Waals surface area contributed by atoms with Crippen LogP contribution in [-0.2, 0) is 0 Å². The second-order valence-electron chi connectivity index (χ2n) is 1.92. The van der Waals surface area contributed by atoms with Crippen LogP contribution in [0.4, 0.5) is 0 Å². The average Bonchev–Trinajstić information content (AvgIpc) is 1.62. The van der Waals surface area contributed by atoms with Crippen molar-refractivity contribution in [3.8, 4) is 0 Å². The summed E-state index contributed by atoms with van der Waals surface area (Å²) in [6, 6.07) is 0. The molecule has 0 amide bonds. The standard InChI is InChI=1S/C4H13N3O/c1-2-3(8)4(5,6)7/h3,8H,2,5-7H2,1H3/t3-/m0/s1. The predicted octanol–water partition coefficient (Wildman–Crippen LogP) is -1.71. The van der Waals surface area contributed by atoms with Crippen LogP contribution in [0.1, 0.15) is 13.3 Å². The summed E-state index contributed by atoms with van der Waals surface area (Å²) in [5.41, 5.74) is 15.3. The molecule has 0 aromatic heterocycles. The summed E-state index contributed by atoms with van der Waals surface area (Å²) >= 11 is 0. The van der Waals surface area contributed by atoms with Crippen molar-refractivity contribution in [1.82, 2.24) is 0 Å². The molecule has 50 valence electrons. The lowest BCUT2D eigenvalue weighted by Gasteiger charge is -2.23. The Morgan fingerprint density at radius 3 is 1.88 bits per heavy atom. The van der Waals surface area contributed by atoms with E-state index in [1.165, 1.54) is 0 Å². The van der Waals surface area contributed by atoms with Gasteiger partial charge < -0.3 is 5.11 Å². The van der Waals surface area contributed by atoms with Crippen LogP contribution in [0.3, 0.4) is 0 Å². The van der Waals surface area contributed by atoms with E-state index in [-0.39, 0.29) is 0 Å². The molecular weight excluding hydrogens is 106 g/mol. The zero-order chi connectivity index (χ0) is 6.78. The van der Waals surface area contributed by atoms with Crippen molar-refractivity contribution in [2.45, 2.75) is 25.2 Å². The van der Waals surface area contributed by atoms with Gasteiger partial charge in [-0.1, -0.05) is 6.92 Å². The Morgan fingerprint density at radius 1 is 1.50 bits per heavy atom. The van der Waals surface area contributed by atoms with Crippen molar-refractivity contribution in [3.05, 3.63) is 0 Å². The van der Waals surface area contributed by atoms with Gasteiger partial charge in [-0.3, -0.25) is 17.2 Å². The summed E-state index contributed by atoms with van der Waals surface area (Å²) in [6.45, 7) is 1.76. The number of hydrogen-bond donors (Lipinski definition) is 4. The Hall–Kier alpha value is -0.160. The highest BCUT2D eigenvalue weighted by Gasteiger charge is 2.21. The maximum atomic E-state index is 8.82. The average molecular weight is 119 g/mol. The zero-order valence-corrected chi connectivity index (χ0v) is 4.96. The molecule has 7 N–H and O–H groups in total. The van der Waals surface area contributed by atoms with Crippen molar-refractivity contribution in [1.29, 1.82) is 0 Å². The van der Waals surface area contributed by atoms with Gasteiger partial charge in [-0.25, -0.2) is 0 Å². The highest BCUT2D eigenvalue weighted by Crippen LogP contribution is 1.94. The molecular formula is C4H13N3O. The van der Waals surface area contributed by atoms with Crippen molar-refractivity contribution in [3.63, 3.8) is 0 Å². The summed E-state index contributed by atoms with van der Waals surface area (Å²) in [4.78, 5) is 0. The smallest absolute Gasteiger partial charge is 0.142 e. The lowest BCUT2D eigenvalue weighted by Crippen LogP contribution is -2.65. The highest BCUT2D eigenvalue weighted by atomic mass is 16.3. The highest BCUT2D eigenvalue weighted by molar-refractivity contribution is 4.76. The minimum absolute atomic E-state index is 0.476. The Labute approximate surface area is 48.6 Å². The van der Waals surface area contributed by atoms with Gasteiger partial charge in [0.15, 0.2) is 0 Å². The number of aliphatic hydroxyl groups is 1. The van der Waals surface area contributed by atoms with Crippen LogP contribution < -0.4 is 17.2 Å². The number of nitrogens with two attached hydrogens (primary N) is 3. The van der Waals surface area contributed by atoms with Crippen LogP contribution >= 0.6 is 0 Å². The lowest BCUT2D eigenvalue weighted by molar-refractivity contribution is 0.0869. The van der Waals surface area contributed by atoms with Gasteiger partial charge in [0.05, 0.1) is 6.10 Å². The van der Waals surface area contributed by atoms with E-state index >= 15 is 0 Å². The Kier molecular flexibility index (Phi) is 2.36. The van der Waals surface area contributed by atoms with Gasteiger partial charge in [0.25, 0.3) is 0 Å². The molecule has 8 heavy (non-hydrogen) atoms. The van der Waals surface area contributed by atoms with E-state index in [4.69, 9.17) is 22.3 Å². The van der Waals surface area contributed by atoms with E-state index < -0.39 is 11.9 Å². The van der Waals surface area contributed by atoms with Gasteiger partial charge in [-0.05, 0) is 6.42 Å². The molecule has 0 rings (SSSR count). The third-order valence-electron chi connectivity index (χ3n) is 0.964. The summed E-state index contributed by atoms with van der Waals surface area (Å²) in [5.74, 6) is -1.44. The molecule has 0 saturated heterocycles. The molecule has 0 radical (unpaired) electrons. The van der Waals surface area contributed by atoms with Crippen molar-refractivity contribution in [2.24, 2.45) is 17.2 Å². The normalized spacial score (nSPS) is 16.1. The summed E-state index contributed by atoms with van der Waals surface area (Å²) in [6.07, 6.45) is -0.341. The van der Waals surface area contributed by atoms with Crippen LogP contribution in [0.25, 0.3) is 0 Å². The first-order valence-corrected chi connectivity index (χ1v) is 2.53. The summed E-state index contributed by atoms with van der Waals surface area (Å²) in [5, 5.41) is 8.82. The fraction of sp³-hybridized carbons (Fsp3) is 1.00. The van der Waals surface area contributed by atoms with Crippen LogP contribution in [0.5, 0.6) is 0 Å². The number of rotatable bonds is 2. The Bertz CT molecular complexity index is 68.2. The fourth-order valence-electron chi connectivity index (χ4n) is 0.354. The molecule has 0 spiro atoms. The molecule has 0 heterocycles. The molecule has 0 unspecified atom stereocenters. The van der Waals surface area contributed by atoms with Crippen molar-refractivity contribution >= 4 is 0 Å². The molecule has 0 saturated carbocycles. The van der Waals surface area contributed by atoms with E-state index in [1.54, 1.807) is 6.92 Å². The molecule has 0 bridgehead atoms. The van der Waals surface area contributed by atoms with Crippen molar-refractivity contribution in [2.75, 3.05) is 0 Å². The minimum Gasteiger partial charge on any atom is -0.388 e. The maximum absolute atomic E-state index is 8.82. The van der Waals surface area contributed by atoms with Crippen molar-refractivity contribution < 1.29 is 5.11 Å². The first kappa shape index (κ1) is 7.84. The predicted molar refractivity (Wildman–Crippen MR) is 31.6 cm³/mol. The molecule has 0 aliphatic carbocycles. The van der Waals surface area contributed by atoms with Crippen LogP contribution in [0.2, 0.25) is 0 Å². The largest absolute Gasteiger partial charge is 0.388 e. The molecule has 0 aromatic carbocycles. The third kappa shape index (κ3) is 2.23. The molecule has 4 nitrogen and oxygen atoms in total. The topological polar surface area (TPSA) is 98.3 Å². The molecule has 0 aromatic rings. The monoisotopic (exact) mass is 119 g/mol. The minimum atomic E-state index is -1.44. The van der Waals surface area contributed by atoms with E-state index in [1.807, 2.05) is 0 Å². The van der Waals surface area contributed by atoms with Gasteiger partial charge in [-0.15, -0.1) is 0 Å². The van der Waals surface area contributed by atoms with Gasteiger partial charge in [0, 0.05) is 0 Å². The van der Waals surface area contributed by atoms with E-state index in [9.17, 15) is 0 Å². The van der Waals surface area contributed by atoms with E-state index in [0.29, 0.717) is 6.42 Å². The number of hydrogen-bond acceptors (Lipinski definition) is 4. The zero-order valence-electron chi connectivity index (χ0n) is 4.96. The third-order valence-corrected chi connectivity index (χ3v) is 0.964. The quantitative estimate of drug-likeness (QED) is 0.325. The first-order valence-electron chi connectivity index (χ1n) is 2.53. The fourth-order valence-corrected chi connectivity index (χ4v) is 0.354. The first-order chi connectivity index (χ1) is 3.48. The van der Waals surface area contributed by atoms with E-state index in [2.05, 4.69) is 0 Å². The molecule has 1 atom stereocenters. The van der Waals surface area contributed by atoms with Crippen LogP contribution in [0.15, 0.2) is 0 Å². The van der Waals surface area contributed by atoms with Crippen LogP contribution in [-0.4, -0.2) is 17.0 Å². The molecule has 0 fully saturated rings. The lowest BCUT2D eigenvalue weighted by atomic mass is 10.2. The Balaban J connectivity index is 3.62. The van der Waals surface area contributed by atoms with E-state index in [0.717, 1.165) is 0 Å². The molecule has 0 aliphatic rings. The van der Waals surface area contributed by atoms with Gasteiger partial charge >= 0.3 is 0 Å². The Morgan fingerprint density at radius 2 is 1.88 bits per heavy atom. The van der Waals surface area contributed by atoms with Crippen LogP contribution in [0, 0.1) is 0 Å². The summed E-state index contributed by atoms with van der Waals surface area (Å²) in [7, 11) is 0. The van der Waals surface area contributed by atoms with Gasteiger partial charge in [0.1, 0.15) is 5.79 Å². The second kappa shape index (κ2) is 2.41. The SMILES string of the molecule is CC[C@H](O)C(N)(N)N. The number of aliphatic hydroxyl groups excluding tert-OH is 1. The van der Waals surface area contributed by atoms with Gasteiger partial charge in [-0.2, -0.15) is 0 Å². The molecule has 0 aliphatic heterocycles. The summed E-state index contributed by atoms with van der Waals surface area (Å²) < 4.78 is 0. The maximum Gasteiger partial charge on any atom is 0.142 e.